The molecule has 0 amide bonds. The lowest BCUT2D eigenvalue weighted by atomic mass is 9.94. The van der Waals surface area contributed by atoms with Gasteiger partial charge in [-0.15, -0.1) is 0 Å². The van der Waals surface area contributed by atoms with E-state index in [9.17, 15) is 48.3 Å². The second-order valence-electron chi connectivity index (χ2n) is 4.24. The monoisotopic (exact) mass is 338 g/mol. The van der Waals surface area contributed by atoms with Gasteiger partial charge in [-0.2, -0.15) is 48.3 Å². The fraction of sp³-hybridized carbons (Fsp3) is 0.800. The van der Waals surface area contributed by atoms with E-state index in [1.165, 1.54) is 0 Å². The maximum absolute atomic E-state index is 13.1. The maximum atomic E-state index is 13.1. The van der Waals surface area contributed by atoms with Gasteiger partial charge in [-0.3, -0.25) is 0 Å². The third-order valence-corrected chi connectivity index (χ3v) is 2.60. The van der Waals surface area contributed by atoms with Crippen LogP contribution in [0.25, 0.3) is 0 Å². The van der Waals surface area contributed by atoms with E-state index in [-0.39, 0.29) is 0 Å². The van der Waals surface area contributed by atoms with Crippen LogP contribution in [0, 0.1) is 0 Å². The third kappa shape index (κ3) is 3.10. The molecular weight excluding hydrogens is 329 g/mol. The van der Waals surface area contributed by atoms with Gasteiger partial charge in [-0.1, -0.05) is 11.6 Å². The standard InChI is InChI=1S/C10H9F11/c1-3-5(2)4-6(11,12)7(13,14)8(15,16)9(17,18)10(19,20)21/h3H,4H2,1-2H3. The quantitative estimate of drug-likeness (QED) is 0.462. The first-order valence-corrected chi connectivity index (χ1v) is 5.15. The molecule has 0 bridgehead atoms. The van der Waals surface area contributed by atoms with Crippen LogP contribution in [-0.2, 0) is 0 Å². The topological polar surface area (TPSA) is 0 Å². The Morgan fingerprint density at radius 3 is 1.38 bits per heavy atom. The first-order valence-electron chi connectivity index (χ1n) is 5.15. The minimum absolute atomic E-state index is 0.592. The van der Waals surface area contributed by atoms with Crippen LogP contribution in [0.5, 0.6) is 0 Å². The number of rotatable bonds is 5. The second-order valence-corrected chi connectivity index (χ2v) is 4.24. The van der Waals surface area contributed by atoms with Crippen LogP contribution in [-0.4, -0.2) is 29.9 Å². The highest BCUT2D eigenvalue weighted by Crippen LogP contribution is 2.58. The van der Waals surface area contributed by atoms with Gasteiger partial charge in [0.15, 0.2) is 0 Å². The van der Waals surface area contributed by atoms with Crippen LogP contribution in [0.2, 0.25) is 0 Å². The molecule has 0 fully saturated rings. The fourth-order valence-corrected chi connectivity index (χ4v) is 1.17. The zero-order chi connectivity index (χ0) is 17.5. The van der Waals surface area contributed by atoms with Gasteiger partial charge in [-0.05, 0) is 13.8 Å². The van der Waals surface area contributed by atoms with Gasteiger partial charge in [0.1, 0.15) is 0 Å². The minimum Gasteiger partial charge on any atom is -0.199 e. The summed E-state index contributed by atoms with van der Waals surface area (Å²) >= 11 is 0. The molecule has 0 heterocycles. The molecule has 0 atom stereocenters. The highest BCUT2D eigenvalue weighted by molar-refractivity contribution is 5.10. The van der Waals surface area contributed by atoms with Gasteiger partial charge < -0.3 is 0 Å². The van der Waals surface area contributed by atoms with Gasteiger partial charge in [0, 0.05) is 6.42 Å². The van der Waals surface area contributed by atoms with Crippen molar-refractivity contribution in [2.75, 3.05) is 0 Å². The Balaban J connectivity index is 5.88. The average molecular weight is 338 g/mol. The molecule has 0 N–H and O–H groups in total. The SMILES string of the molecule is CC=C(C)CC(F)(F)C(F)(F)C(F)(F)C(F)(F)C(F)(F)F. The number of halogens is 11. The lowest BCUT2D eigenvalue weighted by Crippen LogP contribution is -2.66. The third-order valence-electron chi connectivity index (χ3n) is 2.60. The zero-order valence-corrected chi connectivity index (χ0v) is 10.4. The summed E-state index contributed by atoms with van der Waals surface area (Å²) in [5.41, 5.74) is -0.592. The van der Waals surface area contributed by atoms with Crippen molar-refractivity contribution in [3.63, 3.8) is 0 Å². The molecule has 0 nitrogen and oxygen atoms in total. The van der Waals surface area contributed by atoms with Gasteiger partial charge in [-0.25, -0.2) is 0 Å². The van der Waals surface area contributed by atoms with Crippen molar-refractivity contribution in [1.82, 2.24) is 0 Å². The van der Waals surface area contributed by atoms with Gasteiger partial charge in [0.25, 0.3) is 0 Å². The molecule has 126 valence electrons. The van der Waals surface area contributed by atoms with E-state index >= 15 is 0 Å². The summed E-state index contributed by atoms with van der Waals surface area (Å²) in [5.74, 6) is -27.4. The predicted octanol–water partition coefficient (Wildman–Crippen LogP) is 5.45. The molecule has 0 rings (SSSR count). The Morgan fingerprint density at radius 1 is 0.714 bits per heavy atom. The van der Waals surface area contributed by atoms with Crippen LogP contribution in [0.3, 0.4) is 0 Å². The van der Waals surface area contributed by atoms with Crippen molar-refractivity contribution in [1.29, 1.82) is 0 Å². The molecule has 0 radical (unpaired) electrons. The van der Waals surface area contributed by atoms with Crippen LogP contribution in [0.15, 0.2) is 11.6 Å². The van der Waals surface area contributed by atoms with Crippen LogP contribution in [0.1, 0.15) is 20.3 Å². The smallest absolute Gasteiger partial charge is 0.199 e. The van der Waals surface area contributed by atoms with Crippen molar-refractivity contribution in [3.05, 3.63) is 11.6 Å². The fourth-order valence-electron chi connectivity index (χ4n) is 1.17. The number of hydrogen-bond acceptors (Lipinski definition) is 0. The molecule has 21 heavy (non-hydrogen) atoms. The van der Waals surface area contributed by atoms with Crippen LogP contribution >= 0.6 is 0 Å². The first kappa shape index (κ1) is 20.0. The molecule has 0 aromatic heterocycles. The molecule has 0 aliphatic carbocycles. The van der Waals surface area contributed by atoms with Crippen molar-refractivity contribution in [2.24, 2.45) is 0 Å². The molecular formula is C10H9F11. The summed E-state index contributed by atoms with van der Waals surface area (Å²) in [4.78, 5) is 0. The number of hydrogen-bond donors (Lipinski definition) is 0. The van der Waals surface area contributed by atoms with E-state index in [0.29, 0.717) is 0 Å². The summed E-state index contributed by atoms with van der Waals surface area (Å²) in [7, 11) is 0. The molecule has 0 saturated heterocycles. The lowest BCUT2D eigenvalue weighted by Gasteiger charge is -2.37. The highest BCUT2D eigenvalue weighted by Gasteiger charge is 2.86. The summed E-state index contributed by atoms with van der Waals surface area (Å²) in [6.45, 7) is 1.86. The Bertz CT molecular complexity index is 402. The molecule has 0 spiro atoms. The molecule has 0 aliphatic heterocycles. The molecule has 0 aliphatic rings. The normalized spacial score (nSPS) is 16.3. The largest absolute Gasteiger partial charge is 0.460 e. The van der Waals surface area contributed by atoms with Gasteiger partial charge in [0.2, 0.25) is 0 Å². The summed E-state index contributed by atoms with van der Waals surface area (Å²) in [6, 6.07) is 0. The Hall–Kier alpha value is -1.03. The van der Waals surface area contributed by atoms with Crippen molar-refractivity contribution in [3.8, 4) is 0 Å². The van der Waals surface area contributed by atoms with Gasteiger partial charge in [0.05, 0.1) is 0 Å². The summed E-state index contributed by atoms with van der Waals surface area (Å²) < 4.78 is 138. The van der Waals surface area contributed by atoms with E-state index in [2.05, 4.69) is 0 Å². The number of alkyl halides is 11. The molecule has 0 aromatic rings. The van der Waals surface area contributed by atoms with Crippen molar-refractivity contribution < 1.29 is 48.3 Å². The van der Waals surface area contributed by atoms with Crippen molar-refractivity contribution in [2.45, 2.75) is 50.1 Å². The second kappa shape index (κ2) is 5.31. The van der Waals surface area contributed by atoms with E-state index in [1.54, 1.807) is 0 Å². The molecule has 11 heteroatoms. The van der Waals surface area contributed by atoms with E-state index in [1.807, 2.05) is 0 Å². The highest BCUT2D eigenvalue weighted by atomic mass is 19.4. The molecule has 0 aromatic carbocycles. The van der Waals surface area contributed by atoms with E-state index < -0.39 is 41.9 Å². The Kier molecular flexibility index (Phi) is 5.05. The first-order chi connectivity index (χ1) is 8.95. The number of allylic oxidation sites excluding steroid dienone is 2. The van der Waals surface area contributed by atoms with E-state index in [4.69, 9.17) is 0 Å². The zero-order valence-electron chi connectivity index (χ0n) is 10.4. The lowest BCUT2D eigenvalue weighted by molar-refractivity contribution is -0.421. The summed E-state index contributed by atoms with van der Waals surface area (Å²) in [6.07, 6.45) is -8.42. The molecule has 0 unspecified atom stereocenters. The molecule has 0 saturated carbocycles. The Morgan fingerprint density at radius 2 is 1.10 bits per heavy atom. The minimum atomic E-state index is -7.32. The average Bonchev–Trinajstić information content (AvgIpc) is 2.25. The van der Waals surface area contributed by atoms with Crippen LogP contribution < -0.4 is 0 Å². The van der Waals surface area contributed by atoms with Gasteiger partial charge >= 0.3 is 29.9 Å². The Labute approximate surface area is 111 Å². The maximum Gasteiger partial charge on any atom is 0.460 e. The predicted molar refractivity (Wildman–Crippen MR) is 49.9 cm³/mol. The van der Waals surface area contributed by atoms with E-state index in [0.717, 1.165) is 19.9 Å². The van der Waals surface area contributed by atoms with Crippen molar-refractivity contribution >= 4 is 0 Å². The van der Waals surface area contributed by atoms with Crippen LogP contribution in [0.4, 0.5) is 48.3 Å². The summed E-state index contributed by atoms with van der Waals surface area (Å²) in [5, 5.41) is 0.